The third-order valence-corrected chi connectivity index (χ3v) is 3.47. The molecule has 28 heavy (non-hydrogen) atoms. The van der Waals surface area contributed by atoms with E-state index in [0.29, 0.717) is 23.9 Å². The van der Waals surface area contributed by atoms with E-state index in [0.717, 1.165) is 0 Å². The van der Waals surface area contributed by atoms with Crippen LogP contribution in [0, 0.1) is 0 Å². The van der Waals surface area contributed by atoms with E-state index in [-0.39, 0.29) is 23.1 Å². The zero-order valence-corrected chi connectivity index (χ0v) is 14.8. The van der Waals surface area contributed by atoms with Gasteiger partial charge in [0.2, 0.25) is 11.7 Å². The van der Waals surface area contributed by atoms with Crippen LogP contribution in [0.25, 0.3) is 11.3 Å². The lowest BCUT2D eigenvalue weighted by molar-refractivity contribution is -0.114. The predicted octanol–water partition coefficient (Wildman–Crippen LogP) is 2.44. The van der Waals surface area contributed by atoms with Crippen LogP contribution in [0.1, 0.15) is 19.7 Å². The van der Waals surface area contributed by atoms with E-state index in [4.69, 9.17) is 0 Å². The van der Waals surface area contributed by atoms with Crippen molar-refractivity contribution in [1.82, 2.24) is 25.1 Å². The number of anilines is 3. The summed E-state index contributed by atoms with van der Waals surface area (Å²) >= 11 is 0. The summed E-state index contributed by atoms with van der Waals surface area (Å²) in [6.45, 7) is 2.02. The first kappa shape index (κ1) is 19.0. The smallest absolute Gasteiger partial charge is 0.303 e. The molecule has 0 aromatic carbocycles. The van der Waals surface area contributed by atoms with Crippen LogP contribution in [0.3, 0.4) is 0 Å². The van der Waals surface area contributed by atoms with E-state index >= 15 is 0 Å². The van der Waals surface area contributed by atoms with Gasteiger partial charge in [0.15, 0.2) is 0 Å². The first-order chi connectivity index (χ1) is 13.2. The maximum absolute atomic E-state index is 13.5. The van der Waals surface area contributed by atoms with E-state index in [9.17, 15) is 18.4 Å². The number of hydrogen-bond donors (Lipinski definition) is 3. The molecule has 3 rings (SSSR count). The fourth-order valence-corrected chi connectivity index (χ4v) is 2.28. The van der Waals surface area contributed by atoms with Crippen molar-refractivity contribution < 1.29 is 13.6 Å². The first-order valence-corrected chi connectivity index (χ1v) is 8.04. The second-order valence-corrected chi connectivity index (χ2v) is 5.88. The van der Waals surface area contributed by atoms with E-state index < -0.39 is 11.7 Å². The number of H-pyrrole nitrogens is 1. The van der Waals surface area contributed by atoms with Crippen LogP contribution >= 0.6 is 0 Å². The topological polar surface area (TPSA) is 126 Å². The molecule has 0 saturated carbocycles. The highest BCUT2D eigenvalue weighted by Crippen LogP contribution is 2.30. The SMILES string of the molecule is CC(=O)Nc1cc(Nc2ccnc(C(C)(F)F)n2)c(-c2ccc(=O)[nH]n2)cn1. The van der Waals surface area contributed by atoms with Gasteiger partial charge in [-0.3, -0.25) is 9.59 Å². The molecule has 0 aliphatic heterocycles. The molecule has 0 aliphatic carbocycles. The third-order valence-electron chi connectivity index (χ3n) is 3.47. The predicted molar refractivity (Wildman–Crippen MR) is 97.3 cm³/mol. The van der Waals surface area contributed by atoms with Crippen molar-refractivity contribution in [1.29, 1.82) is 0 Å². The Morgan fingerprint density at radius 1 is 1.18 bits per heavy atom. The number of carbonyl (C=O) groups is 1. The molecule has 11 heteroatoms. The van der Waals surface area contributed by atoms with Crippen LogP contribution in [0.5, 0.6) is 0 Å². The monoisotopic (exact) mass is 387 g/mol. The van der Waals surface area contributed by atoms with Gasteiger partial charge in [0.05, 0.1) is 11.4 Å². The number of nitrogens with one attached hydrogen (secondary N) is 3. The Balaban J connectivity index is 2.05. The fraction of sp³-hybridized carbons (Fsp3) is 0.176. The normalized spacial score (nSPS) is 11.1. The number of carbonyl (C=O) groups excluding carboxylic acids is 1. The molecule has 3 N–H and O–H groups in total. The van der Waals surface area contributed by atoms with Gasteiger partial charge in [-0.05, 0) is 12.1 Å². The minimum Gasteiger partial charge on any atom is -0.339 e. The average Bonchev–Trinajstić information content (AvgIpc) is 2.62. The van der Waals surface area contributed by atoms with Crippen LogP contribution in [0.4, 0.5) is 26.1 Å². The van der Waals surface area contributed by atoms with Gasteiger partial charge in [-0.2, -0.15) is 13.9 Å². The van der Waals surface area contributed by atoms with Crippen LogP contribution < -0.4 is 16.2 Å². The van der Waals surface area contributed by atoms with Gasteiger partial charge < -0.3 is 10.6 Å². The number of hydrogen-bond acceptors (Lipinski definition) is 7. The Kier molecular flexibility index (Phi) is 5.07. The molecule has 0 saturated heterocycles. The van der Waals surface area contributed by atoms with Crippen molar-refractivity contribution in [3.63, 3.8) is 0 Å². The second-order valence-electron chi connectivity index (χ2n) is 5.88. The summed E-state index contributed by atoms with van der Waals surface area (Å²) in [4.78, 5) is 34.1. The zero-order chi connectivity index (χ0) is 20.3. The maximum atomic E-state index is 13.5. The minimum absolute atomic E-state index is 0.108. The van der Waals surface area contributed by atoms with Gasteiger partial charge in [-0.15, -0.1) is 0 Å². The molecular weight excluding hydrogens is 372 g/mol. The number of pyridine rings is 1. The Morgan fingerprint density at radius 2 is 1.96 bits per heavy atom. The summed E-state index contributed by atoms with van der Waals surface area (Å²) < 4.78 is 27.0. The van der Waals surface area contributed by atoms with Crippen molar-refractivity contribution >= 4 is 23.2 Å². The number of amides is 1. The number of rotatable bonds is 5. The van der Waals surface area contributed by atoms with E-state index in [2.05, 4.69) is 35.8 Å². The van der Waals surface area contributed by atoms with E-state index in [1.807, 2.05) is 0 Å². The van der Waals surface area contributed by atoms with Gasteiger partial charge in [0, 0.05) is 43.9 Å². The summed E-state index contributed by atoms with van der Waals surface area (Å²) in [7, 11) is 0. The summed E-state index contributed by atoms with van der Waals surface area (Å²) in [5, 5.41) is 11.7. The lowest BCUT2D eigenvalue weighted by Crippen LogP contribution is -2.13. The molecule has 1 amide bonds. The minimum atomic E-state index is -3.21. The number of aromatic amines is 1. The molecular formula is C17H15F2N7O2. The summed E-state index contributed by atoms with van der Waals surface area (Å²) in [6.07, 6.45) is 2.63. The van der Waals surface area contributed by atoms with E-state index in [1.54, 1.807) is 0 Å². The van der Waals surface area contributed by atoms with Crippen LogP contribution in [0.15, 0.2) is 41.5 Å². The Bertz CT molecular complexity index is 1060. The van der Waals surface area contributed by atoms with Crippen LogP contribution in [-0.2, 0) is 10.7 Å². The average molecular weight is 387 g/mol. The highest BCUT2D eigenvalue weighted by atomic mass is 19.3. The third kappa shape index (κ3) is 4.50. The second kappa shape index (κ2) is 7.47. The molecule has 0 spiro atoms. The van der Waals surface area contributed by atoms with Gasteiger partial charge in [0.25, 0.3) is 5.56 Å². The molecule has 9 nitrogen and oxygen atoms in total. The van der Waals surface area contributed by atoms with Crippen molar-refractivity contribution in [2.45, 2.75) is 19.8 Å². The van der Waals surface area contributed by atoms with Crippen molar-refractivity contribution in [3.05, 3.63) is 52.8 Å². The largest absolute Gasteiger partial charge is 0.339 e. The molecule has 0 fully saturated rings. The number of aromatic nitrogens is 5. The van der Waals surface area contributed by atoms with Crippen molar-refractivity contribution in [2.24, 2.45) is 0 Å². The summed E-state index contributed by atoms with van der Waals surface area (Å²) in [6, 6.07) is 5.67. The summed E-state index contributed by atoms with van der Waals surface area (Å²) in [5.74, 6) is -3.84. The molecule has 3 heterocycles. The Morgan fingerprint density at radius 3 is 2.61 bits per heavy atom. The maximum Gasteiger partial charge on any atom is 0.303 e. The first-order valence-electron chi connectivity index (χ1n) is 8.04. The fourth-order valence-electron chi connectivity index (χ4n) is 2.28. The molecule has 144 valence electrons. The Labute approximate surface area is 157 Å². The van der Waals surface area contributed by atoms with Gasteiger partial charge in [-0.1, -0.05) is 0 Å². The number of nitrogens with zero attached hydrogens (tertiary/aromatic N) is 4. The highest BCUT2D eigenvalue weighted by Gasteiger charge is 2.28. The van der Waals surface area contributed by atoms with Crippen molar-refractivity contribution in [3.8, 4) is 11.3 Å². The van der Waals surface area contributed by atoms with Gasteiger partial charge >= 0.3 is 5.92 Å². The molecule has 0 bridgehead atoms. The summed E-state index contributed by atoms with van der Waals surface area (Å²) in [5.41, 5.74) is 0.821. The number of alkyl halides is 2. The van der Waals surface area contributed by atoms with Crippen LogP contribution in [0.2, 0.25) is 0 Å². The molecule has 3 aromatic rings. The lowest BCUT2D eigenvalue weighted by atomic mass is 10.1. The molecule has 0 radical (unpaired) electrons. The zero-order valence-electron chi connectivity index (χ0n) is 14.8. The molecule has 0 atom stereocenters. The van der Waals surface area contributed by atoms with Gasteiger partial charge in [-0.25, -0.2) is 20.1 Å². The van der Waals surface area contributed by atoms with Crippen LogP contribution in [-0.4, -0.2) is 31.1 Å². The quantitative estimate of drug-likeness (QED) is 0.614. The molecule has 3 aromatic heterocycles. The van der Waals surface area contributed by atoms with Crippen molar-refractivity contribution in [2.75, 3.05) is 10.6 Å². The number of halogens is 2. The standard InChI is InChI=1S/C17H15F2N7O2/c1-9(27)22-14-7-12(10(8-21-14)11-3-4-15(28)26-25-11)23-13-5-6-20-16(24-13)17(2,18)19/h3-8H,1-2H3,(H,26,28)(H2,20,21,22,23,24,27). The lowest BCUT2D eigenvalue weighted by Gasteiger charge is -2.14. The van der Waals surface area contributed by atoms with E-state index in [1.165, 1.54) is 43.6 Å². The molecule has 0 unspecified atom stereocenters. The highest BCUT2D eigenvalue weighted by molar-refractivity contribution is 5.89. The van der Waals surface area contributed by atoms with Gasteiger partial charge in [0.1, 0.15) is 11.6 Å². The molecule has 0 aliphatic rings. The Hall–Kier alpha value is -3.76.